The van der Waals surface area contributed by atoms with Crippen molar-refractivity contribution in [1.82, 2.24) is 23.6 Å². The number of benzene rings is 1. The lowest BCUT2D eigenvalue weighted by molar-refractivity contribution is -0.133. The van der Waals surface area contributed by atoms with Gasteiger partial charge >= 0.3 is 5.69 Å². The molecular weight excluding hydrogens is 392 g/mol. The number of hydrogen-bond acceptors (Lipinski definition) is 6. The van der Waals surface area contributed by atoms with E-state index in [9.17, 15) is 19.2 Å². The molecule has 158 valence electrons. The fourth-order valence-electron chi connectivity index (χ4n) is 2.99. The van der Waals surface area contributed by atoms with Gasteiger partial charge in [-0.2, -0.15) is 0 Å². The Kier molecular flexibility index (Phi) is 5.72. The Balaban J connectivity index is 1.72. The summed E-state index contributed by atoms with van der Waals surface area (Å²) in [4.78, 5) is 54.6. The Morgan fingerprint density at radius 1 is 1.20 bits per heavy atom. The maximum Gasteiger partial charge on any atom is 0.332 e. The van der Waals surface area contributed by atoms with Crippen LogP contribution < -0.4 is 21.3 Å². The standard InChI is InChI=1S/C19H22N6O5/c1-22(9-14(26)21-12-6-5-7-13(8-12)30-4)15(27)10-25-11-20-17-16(25)18(28)24(3)19(29)23(17)2/h5-8,11H,9-10H2,1-4H3,(H,21,26). The third kappa shape index (κ3) is 3.95. The van der Waals surface area contributed by atoms with Gasteiger partial charge in [0.2, 0.25) is 11.8 Å². The van der Waals surface area contributed by atoms with E-state index in [1.54, 1.807) is 24.3 Å². The van der Waals surface area contributed by atoms with Gasteiger partial charge in [-0.15, -0.1) is 0 Å². The summed E-state index contributed by atoms with van der Waals surface area (Å²) in [6, 6.07) is 6.86. The second-order valence-electron chi connectivity index (χ2n) is 6.78. The number of carbonyl (C=O) groups excluding carboxylic acids is 2. The molecule has 0 aliphatic carbocycles. The maximum absolute atomic E-state index is 12.6. The van der Waals surface area contributed by atoms with E-state index in [2.05, 4.69) is 10.3 Å². The number of ether oxygens (including phenoxy) is 1. The largest absolute Gasteiger partial charge is 0.497 e. The number of hydrogen-bond donors (Lipinski definition) is 1. The summed E-state index contributed by atoms with van der Waals surface area (Å²) in [5.41, 5.74) is -0.172. The third-order valence-electron chi connectivity index (χ3n) is 4.68. The molecule has 3 aromatic rings. The number of likely N-dealkylation sites (N-methyl/N-ethyl adjacent to an activating group) is 1. The molecular formula is C19H22N6O5. The van der Waals surface area contributed by atoms with Crippen LogP contribution >= 0.6 is 0 Å². The summed E-state index contributed by atoms with van der Waals surface area (Å²) in [7, 11) is 5.87. The fraction of sp³-hybridized carbons (Fsp3) is 0.316. The van der Waals surface area contributed by atoms with E-state index in [4.69, 9.17) is 4.74 Å². The van der Waals surface area contributed by atoms with E-state index in [-0.39, 0.29) is 30.2 Å². The van der Waals surface area contributed by atoms with Crippen LogP contribution in [0.4, 0.5) is 5.69 Å². The maximum atomic E-state index is 12.6. The predicted octanol–water partition coefficient (Wildman–Crippen LogP) is -0.461. The van der Waals surface area contributed by atoms with E-state index in [0.717, 1.165) is 4.57 Å². The van der Waals surface area contributed by atoms with Gasteiger partial charge in [-0.05, 0) is 12.1 Å². The first-order valence-electron chi connectivity index (χ1n) is 9.01. The molecule has 30 heavy (non-hydrogen) atoms. The molecule has 2 amide bonds. The lowest BCUT2D eigenvalue weighted by atomic mass is 10.3. The Hall–Kier alpha value is -3.89. The zero-order valence-corrected chi connectivity index (χ0v) is 17.1. The minimum Gasteiger partial charge on any atom is -0.497 e. The number of anilines is 1. The zero-order chi connectivity index (χ0) is 22.0. The van der Waals surface area contributed by atoms with Crippen molar-refractivity contribution >= 4 is 28.7 Å². The average molecular weight is 414 g/mol. The van der Waals surface area contributed by atoms with Crippen LogP contribution in [0.3, 0.4) is 0 Å². The smallest absolute Gasteiger partial charge is 0.332 e. The van der Waals surface area contributed by atoms with Crippen LogP contribution in [0.2, 0.25) is 0 Å². The Bertz CT molecular complexity index is 1240. The molecule has 11 nitrogen and oxygen atoms in total. The van der Waals surface area contributed by atoms with Gasteiger partial charge in [0.25, 0.3) is 5.56 Å². The number of aromatic nitrogens is 4. The summed E-state index contributed by atoms with van der Waals surface area (Å²) in [6.07, 6.45) is 1.33. The lowest BCUT2D eigenvalue weighted by Crippen LogP contribution is -2.39. The number of nitrogens with zero attached hydrogens (tertiary/aromatic N) is 5. The molecule has 0 aliphatic rings. The number of fused-ring (bicyclic) bond motifs is 1. The van der Waals surface area contributed by atoms with Gasteiger partial charge in [0.05, 0.1) is 20.0 Å². The number of aryl methyl sites for hydroxylation is 1. The molecule has 11 heteroatoms. The molecule has 0 spiro atoms. The van der Waals surface area contributed by atoms with Crippen molar-refractivity contribution < 1.29 is 14.3 Å². The van der Waals surface area contributed by atoms with E-state index >= 15 is 0 Å². The number of rotatable bonds is 6. The van der Waals surface area contributed by atoms with E-state index in [1.807, 2.05) is 0 Å². The highest BCUT2D eigenvalue weighted by Crippen LogP contribution is 2.16. The quantitative estimate of drug-likeness (QED) is 0.583. The molecule has 1 N–H and O–H groups in total. The van der Waals surface area contributed by atoms with Crippen molar-refractivity contribution in [3.8, 4) is 5.75 Å². The van der Waals surface area contributed by atoms with Crippen LogP contribution in [-0.4, -0.2) is 56.1 Å². The van der Waals surface area contributed by atoms with Crippen molar-refractivity contribution in [1.29, 1.82) is 0 Å². The molecule has 0 bridgehead atoms. The molecule has 2 heterocycles. The van der Waals surface area contributed by atoms with E-state index in [0.29, 0.717) is 11.4 Å². The molecule has 0 aliphatic heterocycles. The van der Waals surface area contributed by atoms with Crippen molar-refractivity contribution in [2.75, 3.05) is 26.0 Å². The highest BCUT2D eigenvalue weighted by molar-refractivity contribution is 5.94. The number of methoxy groups -OCH3 is 1. The molecule has 2 aromatic heterocycles. The Morgan fingerprint density at radius 2 is 1.93 bits per heavy atom. The van der Waals surface area contributed by atoms with Crippen LogP contribution in [0.25, 0.3) is 11.2 Å². The first-order chi connectivity index (χ1) is 14.2. The highest BCUT2D eigenvalue weighted by atomic mass is 16.5. The first-order valence-corrected chi connectivity index (χ1v) is 9.01. The number of carbonyl (C=O) groups is 2. The zero-order valence-electron chi connectivity index (χ0n) is 17.1. The van der Waals surface area contributed by atoms with Crippen molar-refractivity contribution in [3.05, 3.63) is 51.4 Å². The van der Waals surface area contributed by atoms with Crippen LogP contribution in [0, 0.1) is 0 Å². The van der Waals surface area contributed by atoms with Gasteiger partial charge in [-0.25, -0.2) is 9.78 Å². The topological polar surface area (TPSA) is 120 Å². The summed E-state index contributed by atoms with van der Waals surface area (Å²) in [5, 5.41) is 2.70. The normalized spacial score (nSPS) is 10.8. The minimum absolute atomic E-state index is 0.141. The summed E-state index contributed by atoms with van der Waals surface area (Å²) in [6.45, 7) is -0.383. The van der Waals surface area contributed by atoms with Crippen molar-refractivity contribution in [3.63, 3.8) is 0 Å². The Morgan fingerprint density at radius 3 is 2.63 bits per heavy atom. The highest BCUT2D eigenvalue weighted by Gasteiger charge is 2.19. The molecule has 0 atom stereocenters. The van der Waals surface area contributed by atoms with Crippen LogP contribution in [-0.2, 0) is 30.2 Å². The van der Waals surface area contributed by atoms with Gasteiger partial charge in [0, 0.05) is 32.9 Å². The van der Waals surface area contributed by atoms with Crippen molar-refractivity contribution in [2.45, 2.75) is 6.54 Å². The fourth-order valence-corrected chi connectivity index (χ4v) is 2.99. The first kappa shape index (κ1) is 20.8. The van der Waals surface area contributed by atoms with Crippen LogP contribution in [0.1, 0.15) is 0 Å². The summed E-state index contributed by atoms with van der Waals surface area (Å²) in [5.74, 6) is -0.181. The number of imidazole rings is 1. The summed E-state index contributed by atoms with van der Waals surface area (Å²) >= 11 is 0. The minimum atomic E-state index is -0.545. The lowest BCUT2D eigenvalue weighted by Gasteiger charge is -2.17. The average Bonchev–Trinajstić information content (AvgIpc) is 3.14. The number of nitrogens with one attached hydrogen (secondary N) is 1. The van der Waals surface area contributed by atoms with Gasteiger partial charge in [-0.1, -0.05) is 6.07 Å². The second kappa shape index (κ2) is 8.23. The molecule has 3 rings (SSSR count). The number of amides is 2. The van der Waals surface area contributed by atoms with Crippen molar-refractivity contribution in [2.24, 2.45) is 14.1 Å². The van der Waals surface area contributed by atoms with Crippen LogP contribution in [0.15, 0.2) is 40.2 Å². The van der Waals surface area contributed by atoms with E-state index in [1.165, 1.54) is 48.6 Å². The van der Waals surface area contributed by atoms with Gasteiger partial charge < -0.3 is 19.5 Å². The SMILES string of the molecule is COc1cccc(NC(=O)CN(C)C(=O)Cn2cnc3c2c(=O)n(C)c(=O)n3C)c1. The molecule has 0 saturated heterocycles. The molecule has 0 fully saturated rings. The molecule has 0 radical (unpaired) electrons. The monoisotopic (exact) mass is 414 g/mol. The van der Waals surface area contributed by atoms with Gasteiger partial charge in [0.1, 0.15) is 12.3 Å². The molecule has 0 saturated carbocycles. The summed E-state index contributed by atoms with van der Waals surface area (Å²) < 4.78 is 8.68. The van der Waals surface area contributed by atoms with Gasteiger partial charge in [0.15, 0.2) is 11.2 Å². The van der Waals surface area contributed by atoms with E-state index < -0.39 is 17.2 Å². The Labute approximate surface area is 171 Å². The van der Waals surface area contributed by atoms with Gasteiger partial charge in [-0.3, -0.25) is 23.5 Å². The third-order valence-corrected chi connectivity index (χ3v) is 4.68. The second-order valence-corrected chi connectivity index (χ2v) is 6.78. The molecule has 1 aromatic carbocycles. The molecule has 0 unspecified atom stereocenters. The predicted molar refractivity (Wildman–Crippen MR) is 109 cm³/mol. The van der Waals surface area contributed by atoms with Crippen LogP contribution in [0.5, 0.6) is 5.75 Å².